The van der Waals surface area contributed by atoms with E-state index in [4.69, 9.17) is 9.47 Å². The number of rotatable bonds is 7. The monoisotopic (exact) mass is 552 g/mol. The van der Waals surface area contributed by atoms with E-state index in [0.717, 1.165) is 18.2 Å². The lowest BCUT2D eigenvalue weighted by molar-refractivity contribution is -0.140. The van der Waals surface area contributed by atoms with Crippen molar-refractivity contribution in [1.82, 2.24) is 0 Å². The van der Waals surface area contributed by atoms with Gasteiger partial charge in [-0.2, -0.15) is 4.39 Å². The minimum Gasteiger partial charge on any atom is -0.423 e. The molecule has 1 unspecified atom stereocenters. The van der Waals surface area contributed by atoms with Gasteiger partial charge in [-0.3, -0.25) is 4.79 Å². The van der Waals surface area contributed by atoms with E-state index in [1.54, 1.807) is 0 Å². The van der Waals surface area contributed by atoms with Crippen molar-refractivity contribution in [2.45, 2.75) is 51.2 Å². The van der Waals surface area contributed by atoms with Gasteiger partial charge in [0.15, 0.2) is 34.8 Å². The summed E-state index contributed by atoms with van der Waals surface area (Å²) in [7, 11) is 1.30. The summed E-state index contributed by atoms with van der Waals surface area (Å²) >= 11 is 0. The Balaban J connectivity index is 1.45. The van der Waals surface area contributed by atoms with E-state index in [9.17, 15) is 36.2 Å². The highest BCUT2D eigenvalue weighted by Crippen LogP contribution is 2.39. The highest BCUT2D eigenvalue weighted by Gasteiger charge is 2.32. The molecule has 1 aliphatic rings. The molecule has 0 aromatic heterocycles. The highest BCUT2D eigenvalue weighted by molar-refractivity contribution is 5.76. The predicted octanol–water partition coefficient (Wildman–Crippen LogP) is 7.27. The Hall–Kier alpha value is -3.37. The third-order valence-electron chi connectivity index (χ3n) is 7.10. The first-order valence-electron chi connectivity index (χ1n) is 12.4. The number of hydrogen-bond donors (Lipinski definition) is 1. The molecule has 39 heavy (non-hydrogen) atoms. The fourth-order valence-corrected chi connectivity index (χ4v) is 4.93. The number of methoxy groups -OCH3 is 1. The molecular weight excluding hydrogens is 526 g/mol. The number of aliphatic hydroxyl groups excluding tert-OH is 1. The lowest BCUT2D eigenvalue weighted by atomic mass is 9.78. The van der Waals surface area contributed by atoms with Crippen molar-refractivity contribution >= 4 is 5.97 Å². The fraction of sp³-hybridized carbons (Fsp3) is 0.345. The molecule has 1 atom stereocenters. The van der Waals surface area contributed by atoms with Crippen LogP contribution in [0.4, 0.5) is 26.3 Å². The van der Waals surface area contributed by atoms with E-state index in [2.05, 4.69) is 0 Å². The van der Waals surface area contributed by atoms with Crippen molar-refractivity contribution in [3.05, 3.63) is 88.0 Å². The van der Waals surface area contributed by atoms with Crippen LogP contribution in [-0.4, -0.2) is 18.2 Å². The molecule has 208 valence electrons. The van der Waals surface area contributed by atoms with Gasteiger partial charge in [0.05, 0.1) is 18.6 Å². The van der Waals surface area contributed by atoms with E-state index >= 15 is 0 Å². The summed E-state index contributed by atoms with van der Waals surface area (Å²) in [5.41, 5.74) is -1.16. The van der Waals surface area contributed by atoms with Gasteiger partial charge in [0.2, 0.25) is 5.82 Å². The summed E-state index contributed by atoms with van der Waals surface area (Å²) in [6, 6.07) is 6.98. The molecule has 1 N–H and O–H groups in total. The first-order valence-corrected chi connectivity index (χ1v) is 12.4. The summed E-state index contributed by atoms with van der Waals surface area (Å²) in [5, 5.41) is 9.56. The van der Waals surface area contributed by atoms with Crippen LogP contribution in [0.5, 0.6) is 5.75 Å². The van der Waals surface area contributed by atoms with E-state index < -0.39 is 69.8 Å². The molecule has 3 aromatic rings. The predicted molar refractivity (Wildman–Crippen MR) is 130 cm³/mol. The van der Waals surface area contributed by atoms with Gasteiger partial charge >= 0.3 is 5.97 Å². The third kappa shape index (κ3) is 5.67. The first kappa shape index (κ1) is 28.6. The molecule has 4 nitrogen and oxygen atoms in total. The van der Waals surface area contributed by atoms with Crippen LogP contribution >= 0.6 is 0 Å². The van der Waals surface area contributed by atoms with Gasteiger partial charge in [0.25, 0.3) is 0 Å². The van der Waals surface area contributed by atoms with E-state index in [0.29, 0.717) is 12.8 Å². The van der Waals surface area contributed by atoms with Crippen molar-refractivity contribution in [2.24, 2.45) is 5.92 Å². The highest BCUT2D eigenvalue weighted by atomic mass is 19.2. The second-order valence-corrected chi connectivity index (χ2v) is 9.59. The normalized spacial score (nSPS) is 18.2. The topological polar surface area (TPSA) is 55.8 Å². The lowest BCUT2D eigenvalue weighted by Gasteiger charge is -2.28. The zero-order valence-corrected chi connectivity index (χ0v) is 21.2. The molecule has 0 saturated heterocycles. The number of hydrogen-bond acceptors (Lipinski definition) is 4. The van der Waals surface area contributed by atoms with Crippen molar-refractivity contribution in [3.8, 4) is 16.9 Å². The van der Waals surface area contributed by atoms with Crippen LogP contribution in [0.2, 0.25) is 0 Å². The van der Waals surface area contributed by atoms with Gasteiger partial charge in [-0.1, -0.05) is 24.3 Å². The second kappa shape index (κ2) is 11.8. The largest absolute Gasteiger partial charge is 0.423 e. The molecule has 3 aromatic carbocycles. The van der Waals surface area contributed by atoms with E-state index in [1.165, 1.54) is 32.2 Å². The summed E-state index contributed by atoms with van der Waals surface area (Å²) in [4.78, 5) is 12.7. The number of halogens is 6. The fourth-order valence-electron chi connectivity index (χ4n) is 4.93. The van der Waals surface area contributed by atoms with Crippen molar-refractivity contribution in [3.63, 3.8) is 0 Å². The van der Waals surface area contributed by atoms with Crippen LogP contribution in [0.3, 0.4) is 0 Å². The Morgan fingerprint density at radius 3 is 2.05 bits per heavy atom. The zero-order valence-electron chi connectivity index (χ0n) is 21.2. The van der Waals surface area contributed by atoms with Crippen molar-refractivity contribution < 1.29 is 45.7 Å². The number of ether oxygens (including phenoxy) is 2. The average Bonchev–Trinajstić information content (AvgIpc) is 2.91. The standard InChI is InChI=1S/C29H26F6O4/c1-14(36)18-9-10-19(25(32)24(18)31)15-3-5-16(6-4-15)29(37)39-22-12-11-21(27(34)28(22)35)20-8-7-17(13-38-2)23(30)26(20)33/h7-12,14-16,36H,3-6,13H2,1-2H3. The van der Waals surface area contributed by atoms with Crippen LogP contribution in [0.25, 0.3) is 11.1 Å². The minimum absolute atomic E-state index is 0.0930. The Labute approximate surface area is 221 Å². The SMILES string of the molecule is COCc1ccc(-c2ccc(OC(=O)C3CCC(c4ccc(C(C)O)c(F)c4F)CC3)c(F)c2F)c(F)c1F. The number of carbonyl (C=O) groups is 1. The van der Waals surface area contributed by atoms with Crippen molar-refractivity contribution in [1.29, 1.82) is 0 Å². The Kier molecular flexibility index (Phi) is 8.66. The maximum Gasteiger partial charge on any atom is 0.314 e. The molecule has 1 saturated carbocycles. The Morgan fingerprint density at radius 2 is 1.44 bits per heavy atom. The maximum absolute atomic E-state index is 14.8. The lowest BCUT2D eigenvalue weighted by Crippen LogP contribution is -2.26. The molecule has 0 bridgehead atoms. The van der Waals surface area contributed by atoms with Gasteiger partial charge in [0, 0.05) is 29.4 Å². The summed E-state index contributed by atoms with van der Waals surface area (Å²) < 4.78 is 97.1. The van der Waals surface area contributed by atoms with Crippen molar-refractivity contribution in [2.75, 3.05) is 7.11 Å². The number of benzene rings is 3. The molecule has 0 amide bonds. The Morgan fingerprint density at radius 1 is 0.821 bits per heavy atom. The molecule has 1 fully saturated rings. The zero-order chi connectivity index (χ0) is 28.4. The second-order valence-electron chi connectivity index (χ2n) is 9.59. The molecule has 0 radical (unpaired) electrons. The quantitative estimate of drug-likeness (QED) is 0.190. The number of esters is 1. The van der Waals surface area contributed by atoms with Gasteiger partial charge in [-0.15, -0.1) is 0 Å². The number of carbonyl (C=O) groups excluding carboxylic acids is 1. The first-order chi connectivity index (χ1) is 18.5. The van der Waals surface area contributed by atoms with Crippen LogP contribution in [-0.2, 0) is 16.1 Å². The van der Waals surface area contributed by atoms with Crippen LogP contribution < -0.4 is 4.74 Å². The van der Waals surface area contributed by atoms with Crippen LogP contribution in [0.1, 0.15) is 61.3 Å². The number of aliphatic hydroxyl groups is 1. The molecule has 0 spiro atoms. The summed E-state index contributed by atoms with van der Waals surface area (Å²) in [6.45, 7) is 1.12. The van der Waals surface area contributed by atoms with Gasteiger partial charge in [-0.05, 0) is 56.2 Å². The molecule has 4 rings (SSSR count). The minimum atomic E-state index is -1.54. The molecule has 0 heterocycles. The summed E-state index contributed by atoms with van der Waals surface area (Å²) in [6.07, 6.45) is -0.0416. The van der Waals surface area contributed by atoms with Gasteiger partial charge in [0.1, 0.15) is 0 Å². The third-order valence-corrected chi connectivity index (χ3v) is 7.10. The molecule has 10 heteroatoms. The van der Waals surface area contributed by atoms with Gasteiger partial charge < -0.3 is 14.6 Å². The Bertz CT molecular complexity index is 1380. The smallest absolute Gasteiger partial charge is 0.314 e. The molecule has 0 aliphatic heterocycles. The van der Waals surface area contributed by atoms with E-state index in [-0.39, 0.29) is 42.1 Å². The molecular formula is C29H26F6O4. The maximum atomic E-state index is 14.8. The van der Waals surface area contributed by atoms with Gasteiger partial charge in [-0.25, -0.2) is 22.0 Å². The molecule has 1 aliphatic carbocycles. The van der Waals surface area contributed by atoms with Crippen LogP contribution in [0, 0.1) is 40.8 Å². The van der Waals surface area contributed by atoms with E-state index in [1.807, 2.05) is 0 Å². The summed E-state index contributed by atoms with van der Waals surface area (Å²) in [5.74, 6) is -10.4. The van der Waals surface area contributed by atoms with Crippen LogP contribution in [0.15, 0.2) is 36.4 Å². The average molecular weight is 553 g/mol.